The lowest BCUT2D eigenvalue weighted by atomic mass is 9.87. The smallest absolute Gasteiger partial charge is 0.131 e. The molecular weight excluding hydrogens is 333 g/mol. The third-order valence-corrected chi connectivity index (χ3v) is 6.02. The molecule has 1 spiro atoms. The number of nitrogens with one attached hydrogen (secondary N) is 2. The number of fused-ring (bicyclic) bond motifs is 1. The predicted molar refractivity (Wildman–Crippen MR) is 105 cm³/mol. The van der Waals surface area contributed by atoms with Gasteiger partial charge in [0.2, 0.25) is 0 Å². The van der Waals surface area contributed by atoms with E-state index in [4.69, 9.17) is 4.99 Å². The molecule has 0 bridgehead atoms. The van der Waals surface area contributed by atoms with Crippen LogP contribution in [0, 0.1) is 12.7 Å². The SMILES string of the molecule is Cc1cccc(CN=C2Nc3ccccc3NC23CCSCC3)c1F. The molecule has 2 aromatic carbocycles. The van der Waals surface area contributed by atoms with Crippen molar-refractivity contribution in [1.29, 1.82) is 0 Å². The molecule has 0 unspecified atom stereocenters. The monoisotopic (exact) mass is 355 g/mol. The Kier molecular flexibility index (Phi) is 4.42. The predicted octanol–water partition coefficient (Wildman–Crippen LogP) is 4.84. The van der Waals surface area contributed by atoms with Crippen LogP contribution in [0.5, 0.6) is 0 Å². The summed E-state index contributed by atoms with van der Waals surface area (Å²) in [5, 5.41) is 7.24. The Balaban J connectivity index is 1.68. The molecule has 0 saturated carbocycles. The second-order valence-electron chi connectivity index (χ2n) is 6.70. The van der Waals surface area contributed by atoms with Crippen LogP contribution >= 0.6 is 11.8 Å². The zero-order valence-electron chi connectivity index (χ0n) is 14.3. The van der Waals surface area contributed by atoms with Gasteiger partial charge in [-0.05, 0) is 49.0 Å². The maximum absolute atomic E-state index is 14.3. The van der Waals surface area contributed by atoms with Gasteiger partial charge in [-0.15, -0.1) is 0 Å². The highest BCUT2D eigenvalue weighted by Gasteiger charge is 2.40. The number of benzene rings is 2. The third kappa shape index (κ3) is 3.13. The van der Waals surface area contributed by atoms with Crippen molar-refractivity contribution >= 4 is 29.0 Å². The molecule has 5 heteroatoms. The summed E-state index contributed by atoms with van der Waals surface area (Å²) >= 11 is 1.98. The van der Waals surface area contributed by atoms with Crippen LogP contribution in [0.4, 0.5) is 15.8 Å². The first-order chi connectivity index (χ1) is 12.2. The zero-order chi connectivity index (χ0) is 17.3. The van der Waals surface area contributed by atoms with Gasteiger partial charge in [-0.2, -0.15) is 11.8 Å². The van der Waals surface area contributed by atoms with Crippen molar-refractivity contribution in [3.63, 3.8) is 0 Å². The summed E-state index contributed by atoms with van der Waals surface area (Å²) in [6.45, 7) is 2.15. The Morgan fingerprint density at radius 2 is 1.84 bits per heavy atom. The molecule has 0 radical (unpaired) electrons. The van der Waals surface area contributed by atoms with Crippen molar-refractivity contribution < 1.29 is 4.39 Å². The summed E-state index contributed by atoms with van der Waals surface area (Å²) in [5.41, 5.74) is 3.31. The summed E-state index contributed by atoms with van der Waals surface area (Å²) in [6, 6.07) is 13.7. The number of thioether (sulfide) groups is 1. The molecular formula is C20H22FN3S. The molecule has 25 heavy (non-hydrogen) atoms. The molecule has 2 aliphatic heterocycles. The fourth-order valence-corrected chi connectivity index (χ4v) is 4.72. The number of nitrogens with zero attached hydrogens (tertiary/aromatic N) is 1. The van der Waals surface area contributed by atoms with Gasteiger partial charge in [0.1, 0.15) is 11.7 Å². The summed E-state index contributed by atoms with van der Waals surface area (Å²) in [4.78, 5) is 4.82. The van der Waals surface area contributed by atoms with Crippen LogP contribution in [0.3, 0.4) is 0 Å². The molecule has 0 atom stereocenters. The number of aliphatic imine (C=N–C) groups is 1. The Morgan fingerprint density at radius 3 is 2.64 bits per heavy atom. The molecule has 130 valence electrons. The Labute approximate surface area is 152 Å². The van der Waals surface area contributed by atoms with Gasteiger partial charge in [-0.3, -0.25) is 4.99 Å². The topological polar surface area (TPSA) is 36.4 Å². The van der Waals surface area contributed by atoms with Crippen molar-refractivity contribution in [3.8, 4) is 0 Å². The number of hydrogen-bond donors (Lipinski definition) is 2. The van der Waals surface area contributed by atoms with Crippen molar-refractivity contribution in [2.45, 2.75) is 31.8 Å². The van der Waals surface area contributed by atoms with Gasteiger partial charge >= 0.3 is 0 Å². The van der Waals surface area contributed by atoms with Crippen LogP contribution in [0.2, 0.25) is 0 Å². The van der Waals surface area contributed by atoms with Crippen molar-refractivity contribution in [3.05, 3.63) is 59.4 Å². The molecule has 1 fully saturated rings. The maximum Gasteiger partial charge on any atom is 0.131 e. The Bertz CT molecular complexity index is 812. The molecule has 2 N–H and O–H groups in total. The standard InChI is InChI=1S/C20H22FN3S/c1-14-5-4-6-15(18(14)21)13-22-19-20(9-11-25-12-10-20)24-17-8-3-2-7-16(17)23-19/h2-8,24H,9-13H2,1H3,(H,22,23). The van der Waals surface area contributed by atoms with E-state index in [-0.39, 0.29) is 11.4 Å². The Morgan fingerprint density at radius 1 is 1.08 bits per heavy atom. The number of halogens is 1. The quantitative estimate of drug-likeness (QED) is 0.809. The van der Waals surface area contributed by atoms with E-state index in [1.54, 1.807) is 13.0 Å². The van der Waals surface area contributed by atoms with Crippen molar-refractivity contribution in [1.82, 2.24) is 0 Å². The lowest BCUT2D eigenvalue weighted by Gasteiger charge is -2.43. The van der Waals surface area contributed by atoms with E-state index in [9.17, 15) is 4.39 Å². The lowest BCUT2D eigenvalue weighted by molar-refractivity contribution is 0.558. The second kappa shape index (κ2) is 6.71. The van der Waals surface area contributed by atoms with Gasteiger partial charge in [-0.25, -0.2) is 4.39 Å². The lowest BCUT2D eigenvalue weighted by Crippen LogP contribution is -2.54. The minimum absolute atomic E-state index is 0.149. The van der Waals surface area contributed by atoms with Gasteiger partial charge < -0.3 is 10.6 Å². The van der Waals surface area contributed by atoms with Gasteiger partial charge in [-0.1, -0.05) is 30.3 Å². The van der Waals surface area contributed by atoms with Crippen LogP contribution in [0.15, 0.2) is 47.5 Å². The van der Waals surface area contributed by atoms with Crippen LogP contribution in [-0.4, -0.2) is 22.9 Å². The molecule has 0 aliphatic carbocycles. The van der Waals surface area contributed by atoms with E-state index in [1.807, 2.05) is 36.0 Å². The van der Waals surface area contributed by atoms with Gasteiger partial charge in [0, 0.05) is 5.56 Å². The van der Waals surface area contributed by atoms with E-state index in [0.717, 1.165) is 41.6 Å². The Hall–Kier alpha value is -2.01. The molecule has 4 rings (SSSR count). The van der Waals surface area contributed by atoms with Crippen LogP contribution < -0.4 is 10.6 Å². The highest BCUT2D eigenvalue weighted by atomic mass is 32.2. The minimum atomic E-state index is -0.167. The first-order valence-electron chi connectivity index (χ1n) is 8.69. The summed E-state index contributed by atoms with van der Waals surface area (Å²) < 4.78 is 14.3. The largest absolute Gasteiger partial charge is 0.371 e. The zero-order valence-corrected chi connectivity index (χ0v) is 15.1. The van der Waals surface area contributed by atoms with Crippen LogP contribution in [0.1, 0.15) is 24.0 Å². The molecule has 0 aromatic heterocycles. The molecule has 2 aliphatic rings. The summed E-state index contributed by atoms with van der Waals surface area (Å²) in [5.74, 6) is 3.00. The van der Waals surface area contributed by atoms with Gasteiger partial charge in [0.05, 0.1) is 23.5 Å². The molecule has 0 amide bonds. The van der Waals surface area contributed by atoms with E-state index in [0.29, 0.717) is 17.7 Å². The second-order valence-corrected chi connectivity index (χ2v) is 7.93. The first kappa shape index (κ1) is 16.5. The van der Waals surface area contributed by atoms with Gasteiger partial charge in [0.15, 0.2) is 0 Å². The third-order valence-electron chi connectivity index (χ3n) is 5.03. The van der Waals surface area contributed by atoms with E-state index in [1.165, 1.54) is 0 Å². The van der Waals surface area contributed by atoms with Crippen LogP contribution in [-0.2, 0) is 6.54 Å². The minimum Gasteiger partial charge on any atom is -0.371 e. The number of aryl methyl sites for hydroxylation is 1. The van der Waals surface area contributed by atoms with Crippen molar-refractivity contribution in [2.24, 2.45) is 4.99 Å². The number of rotatable bonds is 2. The van der Waals surface area contributed by atoms with Crippen molar-refractivity contribution in [2.75, 3.05) is 22.1 Å². The highest BCUT2D eigenvalue weighted by molar-refractivity contribution is 7.99. The average Bonchev–Trinajstić information content (AvgIpc) is 2.64. The number of hydrogen-bond acceptors (Lipinski definition) is 3. The number of para-hydroxylation sites is 2. The molecule has 1 saturated heterocycles. The maximum atomic E-state index is 14.3. The molecule has 3 nitrogen and oxygen atoms in total. The number of anilines is 2. The molecule has 2 aromatic rings. The van der Waals surface area contributed by atoms with Crippen LogP contribution in [0.25, 0.3) is 0 Å². The average molecular weight is 355 g/mol. The normalized spacial score (nSPS) is 20.0. The highest BCUT2D eigenvalue weighted by Crippen LogP contribution is 2.38. The summed E-state index contributed by atoms with van der Waals surface area (Å²) in [7, 11) is 0. The van der Waals surface area contributed by atoms with E-state index < -0.39 is 0 Å². The fourth-order valence-electron chi connectivity index (χ4n) is 3.53. The van der Waals surface area contributed by atoms with E-state index in [2.05, 4.69) is 22.8 Å². The van der Waals surface area contributed by atoms with Gasteiger partial charge in [0.25, 0.3) is 0 Å². The molecule has 2 heterocycles. The first-order valence-corrected chi connectivity index (χ1v) is 9.84. The summed E-state index contributed by atoms with van der Waals surface area (Å²) in [6.07, 6.45) is 2.04. The number of amidine groups is 1. The van der Waals surface area contributed by atoms with E-state index >= 15 is 0 Å². The fraction of sp³-hybridized carbons (Fsp3) is 0.350.